The van der Waals surface area contributed by atoms with Crippen LogP contribution in [0.4, 0.5) is 0 Å². The van der Waals surface area contributed by atoms with E-state index >= 15 is 0 Å². The van der Waals surface area contributed by atoms with Crippen LogP contribution in [0.15, 0.2) is 33.9 Å². The molecule has 0 atom stereocenters. The summed E-state index contributed by atoms with van der Waals surface area (Å²) in [5.74, 6) is 0. The molecule has 0 amide bonds. The van der Waals surface area contributed by atoms with Gasteiger partial charge in [0, 0.05) is 11.7 Å². The maximum absolute atomic E-state index is 12.0. The average Bonchev–Trinajstić information content (AvgIpc) is 2.35. The normalized spacial score (nSPS) is 11.2. The first-order chi connectivity index (χ1) is 8.56. The molecule has 0 fully saturated rings. The Morgan fingerprint density at radius 3 is 2.78 bits per heavy atom. The maximum atomic E-state index is 12.0. The Balaban J connectivity index is 2.54. The molecule has 1 aromatic rings. The molecule has 2 aliphatic rings. The Labute approximate surface area is 107 Å². The van der Waals surface area contributed by atoms with Gasteiger partial charge in [0.2, 0.25) is 0 Å². The van der Waals surface area contributed by atoms with Crippen molar-refractivity contribution < 1.29 is 0 Å². The van der Waals surface area contributed by atoms with Gasteiger partial charge in [-0.1, -0.05) is 17.7 Å². The van der Waals surface area contributed by atoms with Gasteiger partial charge in [0.1, 0.15) is 5.01 Å². The van der Waals surface area contributed by atoms with Gasteiger partial charge >= 0.3 is 5.69 Å². The lowest BCUT2D eigenvalue weighted by Gasteiger charge is -2.06. The van der Waals surface area contributed by atoms with Crippen LogP contribution in [0.2, 0.25) is 0 Å². The zero-order valence-corrected chi connectivity index (χ0v) is 10.7. The predicted octanol–water partition coefficient (Wildman–Crippen LogP) is 1.77. The highest BCUT2D eigenvalue weighted by molar-refractivity contribution is 7.21. The van der Waals surface area contributed by atoms with Crippen LogP contribution in [-0.2, 0) is 7.05 Å². The smallest absolute Gasteiger partial charge is 0.268 e. The number of benzene rings is 1. The average molecular weight is 258 g/mol. The third kappa shape index (κ3) is 1.55. The molecular weight excluding hydrogens is 248 g/mol. The fourth-order valence-corrected chi connectivity index (χ4v) is 2.88. The van der Waals surface area contributed by atoms with Crippen molar-refractivity contribution in [2.75, 3.05) is 0 Å². The number of aromatic nitrogens is 2. The maximum Gasteiger partial charge on any atom is 0.351 e. The van der Waals surface area contributed by atoms with E-state index < -0.39 is 5.69 Å². The third-order valence-corrected chi connectivity index (χ3v) is 4.02. The fourth-order valence-electron chi connectivity index (χ4n) is 1.92. The summed E-state index contributed by atoms with van der Waals surface area (Å²) in [4.78, 5) is 27.4. The Morgan fingerprint density at radius 2 is 2.00 bits per heavy atom. The Morgan fingerprint density at radius 1 is 1.22 bits per heavy atom. The van der Waals surface area contributed by atoms with Crippen molar-refractivity contribution >= 4 is 21.4 Å². The summed E-state index contributed by atoms with van der Waals surface area (Å²) >= 11 is 1.37. The molecule has 5 heteroatoms. The van der Waals surface area contributed by atoms with Crippen LogP contribution in [0, 0.1) is 6.92 Å². The predicted molar refractivity (Wildman–Crippen MR) is 72.5 cm³/mol. The lowest BCUT2D eigenvalue weighted by atomic mass is 10.1. The summed E-state index contributed by atoms with van der Waals surface area (Å²) < 4.78 is 2.06. The molecule has 2 aliphatic heterocycles. The second-order valence-corrected chi connectivity index (χ2v) is 5.30. The first kappa shape index (κ1) is 11.1. The number of fused-ring (bicyclic) bond motifs is 2. The molecule has 0 bridgehead atoms. The quantitative estimate of drug-likeness (QED) is 0.577. The van der Waals surface area contributed by atoms with Crippen molar-refractivity contribution in [3.63, 3.8) is 0 Å². The van der Waals surface area contributed by atoms with Gasteiger partial charge in [0.05, 0.1) is 5.56 Å². The minimum absolute atomic E-state index is 0.287. The molecule has 1 aromatic carbocycles. The van der Waals surface area contributed by atoms with Crippen molar-refractivity contribution in [3.8, 4) is 10.6 Å². The van der Waals surface area contributed by atoms with Gasteiger partial charge in [-0.15, -0.1) is 11.3 Å². The van der Waals surface area contributed by atoms with Gasteiger partial charge in [0.15, 0.2) is 0 Å². The molecule has 0 N–H and O–H groups in total. The molecule has 90 valence electrons. The first-order valence-electron chi connectivity index (χ1n) is 5.47. The van der Waals surface area contributed by atoms with Gasteiger partial charge in [-0.25, -0.2) is 4.79 Å². The van der Waals surface area contributed by atoms with E-state index in [1.165, 1.54) is 18.4 Å². The molecule has 4 nitrogen and oxygen atoms in total. The minimum atomic E-state index is -0.504. The summed E-state index contributed by atoms with van der Waals surface area (Å²) in [7, 11) is 1.45. The van der Waals surface area contributed by atoms with Crippen LogP contribution in [0.5, 0.6) is 0 Å². The van der Waals surface area contributed by atoms with Crippen LogP contribution >= 0.6 is 11.3 Å². The largest absolute Gasteiger partial charge is 0.351 e. The zero-order chi connectivity index (χ0) is 12.9. The van der Waals surface area contributed by atoms with Gasteiger partial charge < -0.3 is 0 Å². The van der Waals surface area contributed by atoms with Gasteiger partial charge in [-0.05, 0) is 24.4 Å². The van der Waals surface area contributed by atoms with Crippen LogP contribution in [0.1, 0.15) is 5.56 Å². The van der Waals surface area contributed by atoms with Crippen molar-refractivity contribution in [1.82, 2.24) is 9.55 Å². The van der Waals surface area contributed by atoms with E-state index in [1.54, 1.807) is 0 Å². The number of rotatable bonds is 0. The Bertz CT molecular complexity index is 848. The second kappa shape index (κ2) is 3.74. The highest BCUT2D eigenvalue weighted by Crippen LogP contribution is 2.29. The molecule has 0 unspecified atom stereocenters. The van der Waals surface area contributed by atoms with Crippen LogP contribution in [0.25, 0.3) is 20.7 Å². The summed E-state index contributed by atoms with van der Waals surface area (Å²) in [5.41, 5.74) is 0.847. The van der Waals surface area contributed by atoms with Gasteiger partial charge in [-0.3, -0.25) is 9.36 Å². The summed E-state index contributed by atoms with van der Waals surface area (Å²) in [6.07, 6.45) is 0. The van der Waals surface area contributed by atoms with Crippen molar-refractivity contribution in [2.24, 2.45) is 7.05 Å². The molecular formula is C13H10N2O2S. The molecule has 2 heterocycles. The number of nitrogens with zero attached hydrogens (tertiary/aromatic N) is 2. The zero-order valence-electron chi connectivity index (χ0n) is 9.93. The highest BCUT2D eigenvalue weighted by atomic mass is 32.1. The lowest BCUT2D eigenvalue weighted by Crippen LogP contribution is -2.34. The van der Waals surface area contributed by atoms with E-state index in [1.807, 2.05) is 31.2 Å². The Hall–Kier alpha value is -2.01. The summed E-state index contributed by atoms with van der Waals surface area (Å²) in [6.45, 7) is 2.01. The molecule has 0 saturated carbocycles. The minimum Gasteiger partial charge on any atom is -0.268 e. The number of hydrogen-bond acceptors (Lipinski definition) is 4. The monoisotopic (exact) mass is 258 g/mol. The third-order valence-electron chi connectivity index (χ3n) is 2.92. The summed E-state index contributed by atoms with van der Waals surface area (Å²) in [5, 5.41) is 1.50. The van der Waals surface area contributed by atoms with E-state index in [4.69, 9.17) is 0 Å². The van der Waals surface area contributed by atoms with Gasteiger partial charge in [0.25, 0.3) is 5.56 Å². The molecule has 18 heavy (non-hydrogen) atoms. The lowest BCUT2D eigenvalue weighted by molar-refractivity contribution is 0.781. The second-order valence-electron chi connectivity index (χ2n) is 4.27. The van der Waals surface area contributed by atoms with Gasteiger partial charge in [-0.2, -0.15) is 4.98 Å². The Kier molecular flexibility index (Phi) is 2.31. The van der Waals surface area contributed by atoms with Crippen molar-refractivity contribution in [3.05, 3.63) is 50.7 Å². The standard InChI is InChI=1S/C13H10N2O2S/c1-7-3-4-10-8(5-7)6-9-11(18-10)14-13(17)15(2)12(9)16/h3-6H,1-2H3. The highest BCUT2D eigenvalue weighted by Gasteiger charge is 2.14. The fraction of sp³-hybridized carbons (Fsp3) is 0.154. The SMILES string of the molecule is Cc1ccc2sc3nc(=O)n(C)c(=O)c-3cc2c1. The number of hydrogen-bond donors (Lipinski definition) is 0. The molecule has 0 saturated heterocycles. The van der Waals surface area contributed by atoms with Crippen LogP contribution in [-0.4, -0.2) is 9.55 Å². The molecule has 0 spiro atoms. The van der Waals surface area contributed by atoms with E-state index in [2.05, 4.69) is 4.98 Å². The first-order valence-corrected chi connectivity index (χ1v) is 6.29. The van der Waals surface area contributed by atoms with E-state index in [-0.39, 0.29) is 5.56 Å². The summed E-state index contributed by atoms with van der Waals surface area (Å²) in [6, 6.07) is 7.82. The molecule has 0 aromatic heterocycles. The van der Waals surface area contributed by atoms with Crippen molar-refractivity contribution in [1.29, 1.82) is 0 Å². The molecule has 0 aliphatic carbocycles. The van der Waals surface area contributed by atoms with E-state index in [9.17, 15) is 9.59 Å². The van der Waals surface area contributed by atoms with Crippen LogP contribution in [0.3, 0.4) is 0 Å². The van der Waals surface area contributed by atoms with E-state index in [0.717, 1.165) is 20.2 Å². The topological polar surface area (TPSA) is 52.0 Å². The molecule has 0 radical (unpaired) electrons. The molecule has 3 rings (SSSR count). The van der Waals surface area contributed by atoms with Crippen LogP contribution < -0.4 is 11.2 Å². The number of aryl methyl sites for hydroxylation is 1. The van der Waals surface area contributed by atoms with Crippen molar-refractivity contribution in [2.45, 2.75) is 6.92 Å². The van der Waals surface area contributed by atoms with E-state index in [0.29, 0.717) is 10.6 Å².